The summed E-state index contributed by atoms with van der Waals surface area (Å²) in [4.78, 5) is 29.8. The molecule has 0 fully saturated rings. The number of nitrogens with one attached hydrogen (secondary N) is 1. The number of amides is 1. The van der Waals surface area contributed by atoms with Crippen LogP contribution in [0.1, 0.15) is 16.2 Å². The molecule has 1 aromatic carbocycles. The Balaban J connectivity index is 2.05. The molecule has 0 radical (unpaired) electrons. The van der Waals surface area contributed by atoms with Crippen molar-refractivity contribution in [2.75, 3.05) is 5.32 Å². The molecule has 5 nitrogen and oxygen atoms in total. The number of hydrogen-bond donors (Lipinski definition) is 1. The Kier molecular flexibility index (Phi) is 2.37. The van der Waals surface area contributed by atoms with E-state index in [1.807, 2.05) is 18.2 Å². The minimum absolute atomic E-state index is 0.00146. The molecule has 0 atom stereocenters. The van der Waals surface area contributed by atoms with Crippen LogP contribution in [-0.4, -0.2) is 22.2 Å². The topological polar surface area (TPSA) is 72.0 Å². The molecule has 2 aromatic rings. The Hall–Kier alpha value is -2.56. The SMILES string of the molecule is O=Cc1nccc(-c2ccc3c(c2)CC(=O)N3)n1. The first kappa shape index (κ1) is 10.6. The van der Waals surface area contributed by atoms with Crippen molar-refractivity contribution < 1.29 is 9.59 Å². The molecule has 0 aliphatic carbocycles. The number of rotatable bonds is 2. The summed E-state index contributed by atoms with van der Waals surface area (Å²) < 4.78 is 0. The maximum atomic E-state index is 11.3. The first-order valence-corrected chi connectivity index (χ1v) is 5.47. The van der Waals surface area contributed by atoms with Crippen LogP contribution in [0.4, 0.5) is 5.69 Å². The van der Waals surface area contributed by atoms with Crippen LogP contribution in [0.5, 0.6) is 0 Å². The van der Waals surface area contributed by atoms with Crippen LogP contribution in [0.15, 0.2) is 30.5 Å². The summed E-state index contributed by atoms with van der Waals surface area (Å²) in [7, 11) is 0. The van der Waals surface area contributed by atoms with E-state index in [4.69, 9.17) is 0 Å². The molecule has 1 amide bonds. The normalized spacial score (nSPS) is 13.0. The predicted molar refractivity (Wildman–Crippen MR) is 65.2 cm³/mol. The van der Waals surface area contributed by atoms with Gasteiger partial charge in [0.25, 0.3) is 0 Å². The zero-order valence-corrected chi connectivity index (χ0v) is 9.38. The highest BCUT2D eigenvalue weighted by atomic mass is 16.1. The highest BCUT2D eigenvalue weighted by Crippen LogP contribution is 2.27. The summed E-state index contributed by atoms with van der Waals surface area (Å²) in [6, 6.07) is 7.35. The Bertz CT molecular complexity index is 652. The number of fused-ring (bicyclic) bond motifs is 1. The van der Waals surface area contributed by atoms with E-state index in [9.17, 15) is 9.59 Å². The van der Waals surface area contributed by atoms with E-state index in [-0.39, 0.29) is 11.7 Å². The third-order valence-electron chi connectivity index (χ3n) is 2.81. The summed E-state index contributed by atoms with van der Waals surface area (Å²) in [6.45, 7) is 0. The van der Waals surface area contributed by atoms with Crippen LogP contribution in [0, 0.1) is 0 Å². The third-order valence-corrected chi connectivity index (χ3v) is 2.81. The van der Waals surface area contributed by atoms with Crippen molar-refractivity contribution in [3.8, 4) is 11.3 Å². The highest BCUT2D eigenvalue weighted by Gasteiger charge is 2.17. The van der Waals surface area contributed by atoms with Gasteiger partial charge >= 0.3 is 0 Å². The van der Waals surface area contributed by atoms with Gasteiger partial charge in [-0.25, -0.2) is 9.97 Å². The van der Waals surface area contributed by atoms with Crippen molar-refractivity contribution in [2.24, 2.45) is 0 Å². The molecule has 1 aromatic heterocycles. The molecule has 0 bridgehead atoms. The number of carbonyl (C=O) groups excluding carboxylic acids is 2. The second-order valence-electron chi connectivity index (χ2n) is 4.01. The van der Waals surface area contributed by atoms with Gasteiger partial charge in [0.2, 0.25) is 5.91 Å². The molecule has 0 saturated carbocycles. The van der Waals surface area contributed by atoms with E-state index >= 15 is 0 Å². The minimum atomic E-state index is -0.00146. The Morgan fingerprint density at radius 3 is 3.00 bits per heavy atom. The molecule has 0 saturated heterocycles. The molecule has 5 heteroatoms. The van der Waals surface area contributed by atoms with Gasteiger partial charge in [-0.2, -0.15) is 0 Å². The average molecular weight is 239 g/mol. The smallest absolute Gasteiger partial charge is 0.228 e. The lowest BCUT2D eigenvalue weighted by Crippen LogP contribution is -2.03. The van der Waals surface area contributed by atoms with Gasteiger partial charge in [0.1, 0.15) is 0 Å². The molecular weight excluding hydrogens is 230 g/mol. The molecule has 18 heavy (non-hydrogen) atoms. The molecule has 0 unspecified atom stereocenters. The fraction of sp³-hybridized carbons (Fsp3) is 0.0769. The van der Waals surface area contributed by atoms with Gasteiger partial charge in [0.15, 0.2) is 12.1 Å². The first-order valence-electron chi connectivity index (χ1n) is 5.47. The van der Waals surface area contributed by atoms with Crippen molar-refractivity contribution in [3.05, 3.63) is 41.9 Å². The second kappa shape index (κ2) is 4.03. The molecule has 1 aliphatic rings. The molecule has 2 heterocycles. The van der Waals surface area contributed by atoms with Crippen molar-refractivity contribution in [1.82, 2.24) is 9.97 Å². The monoisotopic (exact) mass is 239 g/mol. The van der Waals surface area contributed by atoms with Crippen LogP contribution in [0.3, 0.4) is 0 Å². The average Bonchev–Trinajstić information content (AvgIpc) is 2.77. The van der Waals surface area contributed by atoms with Crippen molar-refractivity contribution in [3.63, 3.8) is 0 Å². The third kappa shape index (κ3) is 1.75. The van der Waals surface area contributed by atoms with Gasteiger partial charge in [-0.1, -0.05) is 6.07 Å². The summed E-state index contributed by atoms with van der Waals surface area (Å²) in [5, 5.41) is 2.77. The fourth-order valence-electron chi connectivity index (χ4n) is 1.98. The van der Waals surface area contributed by atoms with Crippen molar-refractivity contribution >= 4 is 17.9 Å². The lowest BCUT2D eigenvalue weighted by Gasteiger charge is -2.03. The van der Waals surface area contributed by atoms with Crippen LogP contribution in [0.25, 0.3) is 11.3 Å². The number of hydrogen-bond acceptors (Lipinski definition) is 4. The number of aromatic nitrogens is 2. The van der Waals surface area contributed by atoms with Crippen LogP contribution in [-0.2, 0) is 11.2 Å². The number of anilines is 1. The van der Waals surface area contributed by atoms with E-state index < -0.39 is 0 Å². The van der Waals surface area contributed by atoms with Crippen LogP contribution in [0.2, 0.25) is 0 Å². The number of benzene rings is 1. The zero-order chi connectivity index (χ0) is 12.5. The van der Waals surface area contributed by atoms with Gasteiger partial charge in [0.05, 0.1) is 12.1 Å². The van der Waals surface area contributed by atoms with Gasteiger partial charge in [-0.15, -0.1) is 0 Å². The quantitative estimate of drug-likeness (QED) is 0.805. The molecule has 1 aliphatic heterocycles. The van der Waals surface area contributed by atoms with E-state index in [1.54, 1.807) is 12.3 Å². The van der Waals surface area contributed by atoms with E-state index in [0.29, 0.717) is 18.4 Å². The first-order chi connectivity index (χ1) is 8.76. The van der Waals surface area contributed by atoms with Crippen LogP contribution >= 0.6 is 0 Å². The molecule has 1 N–H and O–H groups in total. The van der Waals surface area contributed by atoms with E-state index in [2.05, 4.69) is 15.3 Å². The zero-order valence-electron chi connectivity index (χ0n) is 9.38. The molecule has 3 rings (SSSR count). The Morgan fingerprint density at radius 1 is 1.28 bits per heavy atom. The van der Waals surface area contributed by atoms with Gasteiger partial charge in [0, 0.05) is 17.4 Å². The van der Waals surface area contributed by atoms with Crippen LogP contribution < -0.4 is 5.32 Å². The summed E-state index contributed by atoms with van der Waals surface area (Å²) in [5.74, 6) is 0.153. The van der Waals surface area contributed by atoms with E-state index in [0.717, 1.165) is 16.8 Å². The van der Waals surface area contributed by atoms with E-state index in [1.165, 1.54) is 0 Å². The number of nitrogens with zero attached hydrogens (tertiary/aromatic N) is 2. The Morgan fingerprint density at radius 2 is 2.17 bits per heavy atom. The van der Waals surface area contributed by atoms with Crippen molar-refractivity contribution in [2.45, 2.75) is 6.42 Å². The molecule has 88 valence electrons. The largest absolute Gasteiger partial charge is 0.326 e. The van der Waals surface area contributed by atoms with Gasteiger partial charge in [-0.3, -0.25) is 9.59 Å². The molecular formula is C13H9N3O2. The van der Waals surface area contributed by atoms with Crippen molar-refractivity contribution in [1.29, 1.82) is 0 Å². The maximum absolute atomic E-state index is 11.3. The number of aldehydes is 1. The standard InChI is InChI=1S/C13H9N3O2/c17-7-12-14-4-3-11(15-12)8-1-2-10-9(5-8)6-13(18)16-10/h1-5,7H,6H2,(H,16,18). The minimum Gasteiger partial charge on any atom is -0.326 e. The lowest BCUT2D eigenvalue weighted by molar-refractivity contribution is -0.115. The second-order valence-corrected chi connectivity index (χ2v) is 4.01. The maximum Gasteiger partial charge on any atom is 0.228 e. The molecule has 0 spiro atoms. The number of carbonyl (C=O) groups is 2. The summed E-state index contributed by atoms with van der Waals surface area (Å²) in [5.41, 5.74) is 3.34. The lowest BCUT2D eigenvalue weighted by atomic mass is 10.1. The van der Waals surface area contributed by atoms with Gasteiger partial charge < -0.3 is 5.32 Å². The predicted octanol–water partition coefficient (Wildman–Crippen LogP) is 1.45. The van der Waals surface area contributed by atoms with Gasteiger partial charge in [-0.05, 0) is 23.8 Å². The summed E-state index contributed by atoms with van der Waals surface area (Å²) in [6.07, 6.45) is 2.54. The Labute approximate surface area is 103 Å². The highest BCUT2D eigenvalue weighted by molar-refractivity contribution is 5.99. The fourth-order valence-corrected chi connectivity index (χ4v) is 1.98. The summed E-state index contributed by atoms with van der Waals surface area (Å²) >= 11 is 0.